The maximum atomic E-state index is 13.5. The number of carbonyl (C=O) groups excluding carboxylic acids is 2. The molecule has 196 valence electrons. The predicted octanol–water partition coefficient (Wildman–Crippen LogP) is 1.31. The van der Waals surface area contributed by atoms with Crippen LogP contribution in [0.3, 0.4) is 0 Å². The lowest BCUT2D eigenvalue weighted by Crippen LogP contribution is -2.50. The molecule has 4 rings (SSSR count). The highest BCUT2D eigenvalue weighted by Gasteiger charge is 2.36. The third-order valence-corrected chi connectivity index (χ3v) is 8.38. The molecule has 2 aliphatic rings. The number of amides is 2. The third kappa shape index (κ3) is 5.40. The smallest absolute Gasteiger partial charge is 0.261 e. The molecule has 12 heteroatoms. The van der Waals surface area contributed by atoms with Gasteiger partial charge in [0, 0.05) is 44.4 Å². The molecule has 0 saturated heterocycles. The van der Waals surface area contributed by atoms with Crippen LogP contribution in [0.5, 0.6) is 5.75 Å². The van der Waals surface area contributed by atoms with E-state index in [9.17, 15) is 23.1 Å². The number of hydrogen-bond donors (Lipinski definition) is 2. The van der Waals surface area contributed by atoms with Gasteiger partial charge in [-0.15, -0.1) is 0 Å². The van der Waals surface area contributed by atoms with Crippen molar-refractivity contribution in [3.05, 3.63) is 36.3 Å². The quantitative estimate of drug-likeness (QED) is 0.537. The topological polar surface area (TPSA) is 134 Å². The summed E-state index contributed by atoms with van der Waals surface area (Å²) < 4.78 is 35.1. The summed E-state index contributed by atoms with van der Waals surface area (Å²) in [5.74, 6) is -0.366. The van der Waals surface area contributed by atoms with Crippen LogP contribution < -0.4 is 10.1 Å². The van der Waals surface area contributed by atoms with Crippen LogP contribution in [0.25, 0.3) is 0 Å². The Morgan fingerprint density at radius 3 is 2.69 bits per heavy atom. The number of fused-ring (bicyclic) bond motifs is 1. The number of hydrogen-bond acceptors (Lipinski definition) is 7. The van der Waals surface area contributed by atoms with Gasteiger partial charge >= 0.3 is 0 Å². The number of ether oxygens (including phenoxy) is 1. The zero-order valence-corrected chi connectivity index (χ0v) is 21.7. The Labute approximate surface area is 211 Å². The first kappa shape index (κ1) is 26.1. The van der Waals surface area contributed by atoms with Gasteiger partial charge in [0.2, 0.25) is 5.91 Å². The normalized spacial score (nSPS) is 21.4. The molecule has 1 aliphatic heterocycles. The molecular formula is C24H33N5O6S. The number of likely N-dealkylation sites (N-methyl/N-ethyl adjacent to an activating group) is 1. The van der Waals surface area contributed by atoms with Gasteiger partial charge in [0.1, 0.15) is 11.9 Å². The lowest BCUT2D eigenvalue weighted by molar-refractivity contribution is -0.117. The lowest BCUT2D eigenvalue weighted by Gasteiger charge is -2.38. The molecule has 0 bridgehead atoms. The highest BCUT2D eigenvalue weighted by Crippen LogP contribution is 2.33. The van der Waals surface area contributed by atoms with Crippen molar-refractivity contribution in [2.45, 2.75) is 43.9 Å². The summed E-state index contributed by atoms with van der Waals surface area (Å²) in [5, 5.41) is 12.6. The molecule has 0 radical (unpaired) electrons. The van der Waals surface area contributed by atoms with Gasteiger partial charge in [-0.3, -0.25) is 9.59 Å². The lowest BCUT2D eigenvalue weighted by atomic mass is 9.99. The van der Waals surface area contributed by atoms with Gasteiger partial charge in [-0.25, -0.2) is 13.4 Å². The van der Waals surface area contributed by atoms with E-state index in [0.717, 1.165) is 12.8 Å². The molecule has 3 atom stereocenters. The van der Waals surface area contributed by atoms with E-state index < -0.39 is 22.2 Å². The van der Waals surface area contributed by atoms with Crippen LogP contribution in [0.1, 0.15) is 37.0 Å². The van der Waals surface area contributed by atoms with E-state index in [4.69, 9.17) is 4.74 Å². The Bertz CT molecular complexity index is 1240. The van der Waals surface area contributed by atoms with Gasteiger partial charge in [-0.05, 0) is 38.0 Å². The van der Waals surface area contributed by atoms with E-state index in [1.165, 1.54) is 23.9 Å². The molecule has 11 nitrogen and oxygen atoms in total. The van der Waals surface area contributed by atoms with Crippen molar-refractivity contribution in [2.24, 2.45) is 18.9 Å². The van der Waals surface area contributed by atoms with Crippen LogP contribution >= 0.6 is 0 Å². The fourth-order valence-electron chi connectivity index (χ4n) is 4.14. The van der Waals surface area contributed by atoms with Crippen molar-refractivity contribution in [3.8, 4) is 5.75 Å². The SMILES string of the molecule is C[C@@H]1CN([C@@H](C)CO)C(=O)c2cc(NC(=O)C3CC3)ccc2O[C@H]1CN(C)S(=O)(=O)c1cn(C)cn1. The zero-order chi connectivity index (χ0) is 26.2. The van der Waals surface area contributed by atoms with Gasteiger partial charge in [0.05, 0.1) is 31.1 Å². The van der Waals surface area contributed by atoms with Crippen LogP contribution in [-0.2, 0) is 21.9 Å². The van der Waals surface area contributed by atoms with Gasteiger partial charge in [-0.2, -0.15) is 4.31 Å². The van der Waals surface area contributed by atoms with E-state index in [1.54, 1.807) is 41.6 Å². The summed E-state index contributed by atoms with van der Waals surface area (Å²) in [4.78, 5) is 31.3. The van der Waals surface area contributed by atoms with Crippen molar-refractivity contribution in [1.82, 2.24) is 18.8 Å². The number of anilines is 1. The summed E-state index contributed by atoms with van der Waals surface area (Å²) in [6.07, 6.45) is 3.97. The molecule has 1 fully saturated rings. The van der Waals surface area contributed by atoms with E-state index in [0.29, 0.717) is 11.4 Å². The molecule has 2 aromatic rings. The Morgan fingerprint density at radius 1 is 1.36 bits per heavy atom. The standard InChI is InChI=1S/C24H33N5O6S/c1-15-10-29(16(2)13-30)24(32)19-9-18(26-23(31)17-5-6-17)7-8-20(19)35-21(15)11-28(4)36(33,34)22-12-27(3)14-25-22/h7-9,12,14-17,21,30H,5-6,10-11,13H2,1-4H3,(H,26,31)/t15-,16+,21+/m1/s1. The van der Waals surface area contributed by atoms with E-state index in [2.05, 4.69) is 10.3 Å². The number of carbonyl (C=O) groups is 2. The van der Waals surface area contributed by atoms with Crippen LogP contribution in [-0.4, -0.2) is 83.0 Å². The highest BCUT2D eigenvalue weighted by atomic mass is 32.2. The average Bonchev–Trinajstić information content (AvgIpc) is 3.61. The van der Waals surface area contributed by atoms with Crippen molar-refractivity contribution in [1.29, 1.82) is 0 Å². The number of rotatable bonds is 8. The summed E-state index contributed by atoms with van der Waals surface area (Å²) in [6.45, 7) is 3.67. The number of aliphatic hydroxyl groups is 1. The van der Waals surface area contributed by atoms with Crippen LogP contribution in [0, 0.1) is 11.8 Å². The van der Waals surface area contributed by atoms with Gasteiger partial charge < -0.3 is 24.6 Å². The first-order valence-corrected chi connectivity index (χ1v) is 13.4. The molecule has 1 saturated carbocycles. The number of sulfonamides is 1. The molecule has 2 heterocycles. The second-order valence-electron chi connectivity index (χ2n) is 9.76. The molecule has 1 aliphatic carbocycles. The molecule has 2 N–H and O–H groups in total. The summed E-state index contributed by atoms with van der Waals surface area (Å²) in [5.41, 5.74) is 0.732. The minimum atomic E-state index is -3.85. The second-order valence-corrected chi connectivity index (χ2v) is 11.8. The predicted molar refractivity (Wildman–Crippen MR) is 132 cm³/mol. The number of aryl methyl sites for hydroxylation is 1. The molecular weight excluding hydrogens is 486 g/mol. The van der Waals surface area contributed by atoms with Gasteiger partial charge in [-0.1, -0.05) is 6.92 Å². The number of benzene rings is 1. The number of aromatic nitrogens is 2. The van der Waals surface area contributed by atoms with Gasteiger partial charge in [0.25, 0.3) is 15.9 Å². The Hall–Kier alpha value is -2.96. The average molecular weight is 520 g/mol. The highest BCUT2D eigenvalue weighted by molar-refractivity contribution is 7.89. The molecule has 1 aromatic carbocycles. The first-order valence-electron chi connectivity index (χ1n) is 12.0. The molecule has 0 spiro atoms. The van der Waals surface area contributed by atoms with E-state index in [-0.39, 0.29) is 53.9 Å². The summed E-state index contributed by atoms with van der Waals surface area (Å²) in [7, 11) is -0.693. The molecule has 1 aromatic heterocycles. The van der Waals surface area contributed by atoms with Crippen LogP contribution in [0.4, 0.5) is 5.69 Å². The van der Waals surface area contributed by atoms with Crippen LogP contribution in [0.15, 0.2) is 35.7 Å². The largest absolute Gasteiger partial charge is 0.488 e. The molecule has 2 amide bonds. The number of aliphatic hydroxyl groups excluding tert-OH is 1. The maximum Gasteiger partial charge on any atom is 0.261 e. The zero-order valence-electron chi connectivity index (χ0n) is 20.9. The summed E-state index contributed by atoms with van der Waals surface area (Å²) >= 11 is 0. The molecule has 36 heavy (non-hydrogen) atoms. The molecule has 0 unspecified atom stereocenters. The Kier molecular flexibility index (Phi) is 7.39. The number of imidazole rings is 1. The fraction of sp³-hybridized carbons (Fsp3) is 0.542. The van der Waals surface area contributed by atoms with Crippen molar-refractivity contribution in [2.75, 3.05) is 32.1 Å². The number of nitrogens with one attached hydrogen (secondary N) is 1. The Morgan fingerprint density at radius 2 is 2.08 bits per heavy atom. The first-order chi connectivity index (χ1) is 17.0. The monoisotopic (exact) mass is 519 g/mol. The van der Waals surface area contributed by atoms with E-state index in [1.807, 2.05) is 6.92 Å². The minimum Gasteiger partial charge on any atom is -0.488 e. The van der Waals surface area contributed by atoms with Crippen molar-refractivity contribution in [3.63, 3.8) is 0 Å². The van der Waals surface area contributed by atoms with Crippen LogP contribution in [0.2, 0.25) is 0 Å². The van der Waals surface area contributed by atoms with Gasteiger partial charge in [0.15, 0.2) is 5.03 Å². The van der Waals surface area contributed by atoms with E-state index >= 15 is 0 Å². The van der Waals surface area contributed by atoms with Crippen molar-refractivity contribution < 1.29 is 27.9 Å². The second kappa shape index (κ2) is 10.2. The third-order valence-electron chi connectivity index (χ3n) is 6.67. The minimum absolute atomic E-state index is 0.00620. The van der Waals surface area contributed by atoms with Crippen molar-refractivity contribution >= 4 is 27.5 Å². The maximum absolute atomic E-state index is 13.5. The fourth-order valence-corrected chi connectivity index (χ4v) is 5.28. The number of nitrogens with zero attached hydrogens (tertiary/aromatic N) is 4. The Balaban J connectivity index is 1.64. The summed E-state index contributed by atoms with van der Waals surface area (Å²) in [6, 6.07) is 4.40.